The van der Waals surface area contributed by atoms with Crippen molar-refractivity contribution in [2.24, 2.45) is 0 Å². The van der Waals surface area contributed by atoms with Crippen LogP contribution in [0, 0.1) is 0 Å². The first-order valence-electron chi connectivity index (χ1n) is 6.41. The van der Waals surface area contributed by atoms with E-state index in [0.29, 0.717) is 0 Å². The molecule has 1 N–H and O–H groups in total. The molecule has 1 aromatic heterocycles. The number of aromatic amines is 1. The van der Waals surface area contributed by atoms with Gasteiger partial charge in [0.25, 0.3) is 0 Å². The fraction of sp³-hybridized carbons (Fsp3) is 0.125. The monoisotopic (exact) mass is 365 g/mol. The number of hydrogen-bond acceptors (Lipinski definition) is 1. The maximum atomic E-state index is 6.07. The van der Waals surface area contributed by atoms with Gasteiger partial charge in [-0.2, -0.15) is 0 Å². The Hall–Kier alpha value is -0.900. The van der Waals surface area contributed by atoms with Crippen molar-refractivity contribution in [3.05, 3.63) is 57.7 Å². The molecule has 0 amide bonds. The molecule has 2 aromatic carbocycles. The second-order valence-electron chi connectivity index (χ2n) is 4.54. The first-order valence-corrected chi connectivity index (χ1v) is 8.39. The van der Waals surface area contributed by atoms with Crippen molar-refractivity contribution in [2.45, 2.75) is 23.1 Å². The zero-order chi connectivity index (χ0) is 14.1. The highest BCUT2D eigenvalue weighted by molar-refractivity contribution is 9.10. The smallest absolute Gasteiger partial charge is 0.0482 e. The van der Waals surface area contributed by atoms with E-state index in [2.05, 4.69) is 52.1 Å². The Balaban J connectivity index is 2.10. The van der Waals surface area contributed by atoms with Crippen LogP contribution in [0.5, 0.6) is 0 Å². The van der Waals surface area contributed by atoms with E-state index in [1.807, 2.05) is 18.2 Å². The van der Waals surface area contributed by atoms with Crippen LogP contribution in [0.2, 0.25) is 5.02 Å². The minimum Gasteiger partial charge on any atom is -0.357 e. The third-order valence-electron chi connectivity index (χ3n) is 3.16. The molecule has 0 aliphatic rings. The number of aromatic nitrogens is 1. The molecule has 1 heterocycles. The average Bonchev–Trinajstić information content (AvgIpc) is 2.76. The number of rotatable bonds is 3. The van der Waals surface area contributed by atoms with Gasteiger partial charge in [0.15, 0.2) is 0 Å². The zero-order valence-electron chi connectivity index (χ0n) is 10.9. The van der Waals surface area contributed by atoms with Crippen LogP contribution in [0.1, 0.15) is 12.6 Å². The summed E-state index contributed by atoms with van der Waals surface area (Å²) in [6.45, 7) is 2.16. The molecule has 0 atom stereocenters. The molecule has 0 fully saturated rings. The van der Waals surface area contributed by atoms with E-state index < -0.39 is 0 Å². The molecular formula is C16H13BrClNS. The van der Waals surface area contributed by atoms with Crippen molar-refractivity contribution >= 4 is 50.2 Å². The molecular weight excluding hydrogens is 354 g/mol. The van der Waals surface area contributed by atoms with Crippen LogP contribution in [-0.2, 0) is 6.42 Å². The van der Waals surface area contributed by atoms with Crippen LogP contribution in [0.25, 0.3) is 10.9 Å². The fourth-order valence-corrected chi connectivity index (χ4v) is 4.11. The van der Waals surface area contributed by atoms with Crippen LogP contribution in [0.3, 0.4) is 0 Å². The normalized spacial score (nSPS) is 11.2. The van der Waals surface area contributed by atoms with Gasteiger partial charge < -0.3 is 4.98 Å². The highest BCUT2D eigenvalue weighted by Crippen LogP contribution is 2.38. The largest absolute Gasteiger partial charge is 0.357 e. The molecule has 102 valence electrons. The first-order chi connectivity index (χ1) is 9.67. The summed E-state index contributed by atoms with van der Waals surface area (Å²) in [6, 6.07) is 14.4. The van der Waals surface area contributed by atoms with Crippen LogP contribution < -0.4 is 0 Å². The van der Waals surface area contributed by atoms with Gasteiger partial charge in [-0.05, 0) is 36.8 Å². The van der Waals surface area contributed by atoms with Crippen molar-refractivity contribution in [1.82, 2.24) is 4.98 Å². The topological polar surface area (TPSA) is 15.8 Å². The van der Waals surface area contributed by atoms with Gasteiger partial charge in [-0.3, -0.25) is 0 Å². The summed E-state index contributed by atoms with van der Waals surface area (Å²) < 4.78 is 1.10. The molecule has 0 saturated carbocycles. The fourth-order valence-electron chi connectivity index (χ4n) is 2.21. The molecule has 0 spiro atoms. The predicted octanol–water partition coefficient (Wildman–Crippen LogP) is 6.30. The van der Waals surface area contributed by atoms with Gasteiger partial charge in [-0.25, -0.2) is 0 Å². The molecule has 0 radical (unpaired) electrons. The molecule has 0 aliphatic heterocycles. The second-order valence-corrected chi connectivity index (χ2v) is 6.97. The Morgan fingerprint density at radius 1 is 1.20 bits per heavy atom. The lowest BCUT2D eigenvalue weighted by Crippen LogP contribution is -1.82. The number of benzene rings is 2. The summed E-state index contributed by atoms with van der Waals surface area (Å²) in [7, 11) is 0. The Bertz CT molecular complexity index is 766. The van der Waals surface area contributed by atoms with Crippen molar-refractivity contribution in [2.75, 3.05) is 0 Å². The van der Waals surface area contributed by atoms with Crippen molar-refractivity contribution in [3.8, 4) is 0 Å². The van der Waals surface area contributed by atoms with Gasteiger partial charge in [0.1, 0.15) is 0 Å². The zero-order valence-corrected chi connectivity index (χ0v) is 14.1. The van der Waals surface area contributed by atoms with E-state index in [-0.39, 0.29) is 0 Å². The van der Waals surface area contributed by atoms with Gasteiger partial charge >= 0.3 is 0 Å². The van der Waals surface area contributed by atoms with Gasteiger partial charge in [0, 0.05) is 35.9 Å². The number of fused-ring (bicyclic) bond motifs is 1. The standard InChI is InChI=1S/C16H13BrClNS/c1-2-14-16(20-12-5-3-4-10(17)8-12)13-7-6-11(18)9-15(13)19-14/h3-9,19H,2H2,1H3. The molecule has 3 rings (SSSR count). The number of aryl methyl sites for hydroxylation is 1. The molecule has 0 aliphatic carbocycles. The molecule has 3 aromatic rings. The van der Waals surface area contributed by atoms with Crippen molar-refractivity contribution in [3.63, 3.8) is 0 Å². The van der Waals surface area contributed by atoms with Gasteiger partial charge in [0.2, 0.25) is 0 Å². The summed E-state index contributed by atoms with van der Waals surface area (Å²) in [6.07, 6.45) is 0.975. The molecule has 20 heavy (non-hydrogen) atoms. The molecule has 4 heteroatoms. The van der Waals surface area contributed by atoms with E-state index >= 15 is 0 Å². The van der Waals surface area contributed by atoms with Gasteiger partial charge in [-0.15, -0.1) is 0 Å². The summed E-state index contributed by atoms with van der Waals surface area (Å²) in [5, 5.41) is 2.00. The third-order valence-corrected chi connectivity index (χ3v) is 5.04. The molecule has 0 unspecified atom stereocenters. The maximum Gasteiger partial charge on any atom is 0.0482 e. The van der Waals surface area contributed by atoms with Crippen LogP contribution in [0.4, 0.5) is 0 Å². The minimum absolute atomic E-state index is 0.764. The van der Waals surface area contributed by atoms with E-state index in [1.165, 1.54) is 20.9 Å². The van der Waals surface area contributed by atoms with Crippen molar-refractivity contribution in [1.29, 1.82) is 0 Å². The van der Waals surface area contributed by atoms with Crippen LogP contribution in [0.15, 0.2) is 56.7 Å². The van der Waals surface area contributed by atoms with Gasteiger partial charge in [0.05, 0.1) is 0 Å². The number of nitrogens with one attached hydrogen (secondary N) is 1. The maximum absolute atomic E-state index is 6.07. The second kappa shape index (κ2) is 5.84. The molecule has 0 bridgehead atoms. The van der Waals surface area contributed by atoms with E-state index in [0.717, 1.165) is 21.4 Å². The first kappa shape index (κ1) is 14.1. The van der Waals surface area contributed by atoms with Crippen LogP contribution >= 0.6 is 39.3 Å². The summed E-state index contributed by atoms with van der Waals surface area (Å²) >= 11 is 11.4. The Labute approximate surface area is 135 Å². The summed E-state index contributed by atoms with van der Waals surface area (Å²) in [5.41, 5.74) is 2.36. The van der Waals surface area contributed by atoms with Crippen LogP contribution in [-0.4, -0.2) is 4.98 Å². The third kappa shape index (κ3) is 2.76. The van der Waals surface area contributed by atoms with E-state index in [4.69, 9.17) is 11.6 Å². The van der Waals surface area contributed by atoms with Crippen molar-refractivity contribution < 1.29 is 0 Å². The van der Waals surface area contributed by atoms with E-state index in [1.54, 1.807) is 11.8 Å². The quantitative estimate of drug-likeness (QED) is 0.575. The molecule has 1 nitrogen and oxygen atoms in total. The SMILES string of the molecule is CCc1[nH]c2cc(Cl)ccc2c1Sc1cccc(Br)c1. The Kier molecular flexibility index (Phi) is 4.11. The van der Waals surface area contributed by atoms with Gasteiger partial charge in [-0.1, -0.05) is 58.3 Å². The highest BCUT2D eigenvalue weighted by atomic mass is 79.9. The number of H-pyrrole nitrogens is 1. The van der Waals surface area contributed by atoms with E-state index in [9.17, 15) is 0 Å². The highest BCUT2D eigenvalue weighted by Gasteiger charge is 2.12. The lowest BCUT2D eigenvalue weighted by atomic mass is 10.2. The predicted molar refractivity (Wildman–Crippen MR) is 91.0 cm³/mol. The summed E-state index contributed by atoms with van der Waals surface area (Å²) in [4.78, 5) is 5.99. The Morgan fingerprint density at radius 3 is 2.80 bits per heavy atom. The summed E-state index contributed by atoms with van der Waals surface area (Å²) in [5.74, 6) is 0. The Morgan fingerprint density at radius 2 is 2.05 bits per heavy atom. The lowest BCUT2D eigenvalue weighted by Gasteiger charge is -2.04. The minimum atomic E-state index is 0.764. The average molecular weight is 367 g/mol. The number of hydrogen-bond donors (Lipinski definition) is 1. The lowest BCUT2D eigenvalue weighted by molar-refractivity contribution is 1.03. The molecule has 0 saturated heterocycles. The number of halogens is 2.